The van der Waals surface area contributed by atoms with E-state index in [0.717, 1.165) is 38.6 Å². The third-order valence-corrected chi connectivity index (χ3v) is 4.61. The second-order valence-electron chi connectivity index (χ2n) is 6.81. The van der Waals surface area contributed by atoms with Crippen molar-refractivity contribution in [2.24, 2.45) is 5.92 Å². The molecule has 0 aromatic carbocycles. The summed E-state index contributed by atoms with van der Waals surface area (Å²) in [5.74, 6) is 0.833. The molecule has 2 saturated heterocycles. The Labute approximate surface area is 124 Å². The number of morpholine rings is 1. The van der Waals surface area contributed by atoms with E-state index in [9.17, 15) is 5.11 Å². The Morgan fingerprint density at radius 2 is 1.75 bits per heavy atom. The number of aliphatic hydroxyl groups is 1. The summed E-state index contributed by atoms with van der Waals surface area (Å²) in [5.41, 5.74) is 0. The quantitative estimate of drug-likeness (QED) is 0.831. The molecular formula is C16H32N2O2. The zero-order valence-electron chi connectivity index (χ0n) is 13.4. The van der Waals surface area contributed by atoms with E-state index in [1.807, 2.05) is 0 Å². The van der Waals surface area contributed by atoms with Crippen LogP contribution in [0.2, 0.25) is 0 Å². The molecule has 1 N–H and O–H groups in total. The molecule has 2 rings (SSSR count). The van der Waals surface area contributed by atoms with E-state index in [4.69, 9.17) is 4.74 Å². The van der Waals surface area contributed by atoms with Crippen LogP contribution in [-0.4, -0.2) is 72.5 Å². The molecule has 4 nitrogen and oxygen atoms in total. The van der Waals surface area contributed by atoms with Crippen LogP contribution in [0.25, 0.3) is 0 Å². The van der Waals surface area contributed by atoms with E-state index >= 15 is 0 Å². The summed E-state index contributed by atoms with van der Waals surface area (Å²) >= 11 is 0. The molecule has 0 bridgehead atoms. The van der Waals surface area contributed by atoms with Crippen molar-refractivity contribution in [2.45, 2.75) is 58.3 Å². The minimum atomic E-state index is -0.233. The van der Waals surface area contributed by atoms with Crippen LogP contribution in [0, 0.1) is 5.92 Å². The van der Waals surface area contributed by atoms with Crippen molar-refractivity contribution in [1.82, 2.24) is 9.80 Å². The Hall–Kier alpha value is -0.160. The van der Waals surface area contributed by atoms with E-state index in [0.29, 0.717) is 0 Å². The number of likely N-dealkylation sites (tertiary alicyclic amines) is 1. The third-order valence-electron chi connectivity index (χ3n) is 4.61. The van der Waals surface area contributed by atoms with E-state index in [1.54, 1.807) is 0 Å². The zero-order chi connectivity index (χ0) is 14.5. The first-order valence-electron chi connectivity index (χ1n) is 8.35. The minimum absolute atomic E-state index is 0.233. The summed E-state index contributed by atoms with van der Waals surface area (Å²) < 4.78 is 5.74. The van der Waals surface area contributed by atoms with Gasteiger partial charge in [-0.25, -0.2) is 0 Å². The summed E-state index contributed by atoms with van der Waals surface area (Å²) in [6.07, 6.45) is 4.25. The third kappa shape index (κ3) is 4.99. The fourth-order valence-electron chi connectivity index (χ4n) is 3.74. The number of hydrogen-bond acceptors (Lipinski definition) is 4. The van der Waals surface area contributed by atoms with Gasteiger partial charge in [0, 0.05) is 32.7 Å². The van der Waals surface area contributed by atoms with Gasteiger partial charge in [-0.2, -0.15) is 0 Å². The fourth-order valence-corrected chi connectivity index (χ4v) is 3.74. The van der Waals surface area contributed by atoms with Crippen LogP contribution in [0.5, 0.6) is 0 Å². The highest BCUT2D eigenvalue weighted by Crippen LogP contribution is 2.19. The van der Waals surface area contributed by atoms with Crippen LogP contribution >= 0.6 is 0 Å². The van der Waals surface area contributed by atoms with Crippen molar-refractivity contribution in [3.8, 4) is 0 Å². The second kappa shape index (κ2) is 7.74. The first-order valence-corrected chi connectivity index (χ1v) is 8.35. The van der Waals surface area contributed by atoms with Crippen molar-refractivity contribution in [3.05, 3.63) is 0 Å². The molecule has 0 radical (unpaired) electrons. The molecule has 4 unspecified atom stereocenters. The van der Waals surface area contributed by atoms with Gasteiger partial charge >= 0.3 is 0 Å². The Balaban J connectivity index is 1.73. The second-order valence-corrected chi connectivity index (χ2v) is 6.81. The van der Waals surface area contributed by atoms with Crippen LogP contribution in [0.15, 0.2) is 0 Å². The van der Waals surface area contributed by atoms with Crippen LogP contribution < -0.4 is 0 Å². The number of rotatable bonds is 5. The van der Waals surface area contributed by atoms with Gasteiger partial charge in [0.2, 0.25) is 0 Å². The topological polar surface area (TPSA) is 35.9 Å². The molecular weight excluding hydrogens is 252 g/mol. The molecule has 0 saturated carbocycles. The molecule has 0 aliphatic carbocycles. The summed E-state index contributed by atoms with van der Waals surface area (Å²) in [6, 6.07) is 0. The number of hydrogen-bond donors (Lipinski definition) is 1. The van der Waals surface area contributed by atoms with E-state index in [2.05, 4.69) is 30.6 Å². The lowest BCUT2D eigenvalue weighted by molar-refractivity contribution is -0.0784. The maximum absolute atomic E-state index is 10.4. The van der Waals surface area contributed by atoms with E-state index in [-0.39, 0.29) is 18.3 Å². The highest BCUT2D eigenvalue weighted by atomic mass is 16.5. The zero-order valence-corrected chi connectivity index (χ0v) is 13.4. The van der Waals surface area contributed by atoms with Gasteiger partial charge in [0.05, 0.1) is 18.3 Å². The molecule has 4 heteroatoms. The first-order chi connectivity index (χ1) is 9.56. The van der Waals surface area contributed by atoms with Crippen LogP contribution in [-0.2, 0) is 4.74 Å². The predicted octanol–water partition coefficient (Wildman–Crippen LogP) is 1.58. The molecule has 0 amide bonds. The molecule has 2 aliphatic rings. The monoisotopic (exact) mass is 284 g/mol. The molecule has 2 fully saturated rings. The Bertz CT molecular complexity index is 278. The molecule has 0 aromatic heterocycles. The van der Waals surface area contributed by atoms with Crippen LogP contribution in [0.4, 0.5) is 0 Å². The lowest BCUT2D eigenvalue weighted by Crippen LogP contribution is -2.50. The van der Waals surface area contributed by atoms with E-state index < -0.39 is 0 Å². The van der Waals surface area contributed by atoms with Gasteiger partial charge in [0.25, 0.3) is 0 Å². The highest BCUT2D eigenvalue weighted by molar-refractivity contribution is 4.79. The Morgan fingerprint density at radius 3 is 2.40 bits per heavy atom. The van der Waals surface area contributed by atoms with E-state index in [1.165, 1.54) is 25.8 Å². The number of aliphatic hydroxyl groups excluding tert-OH is 1. The summed E-state index contributed by atoms with van der Waals surface area (Å²) in [4.78, 5) is 4.81. The lowest BCUT2D eigenvalue weighted by Gasteiger charge is -2.38. The Morgan fingerprint density at radius 1 is 1.10 bits per heavy atom. The smallest absolute Gasteiger partial charge is 0.0793 e. The summed E-state index contributed by atoms with van der Waals surface area (Å²) in [7, 11) is 0. The average Bonchev–Trinajstić information content (AvgIpc) is 2.37. The maximum Gasteiger partial charge on any atom is 0.0793 e. The number of nitrogens with zero attached hydrogens (tertiary/aromatic N) is 2. The molecule has 0 aromatic rings. The van der Waals surface area contributed by atoms with Gasteiger partial charge in [-0.3, -0.25) is 4.90 Å². The minimum Gasteiger partial charge on any atom is -0.390 e. The molecule has 118 valence electrons. The highest BCUT2D eigenvalue weighted by Gasteiger charge is 2.25. The standard InChI is InChI=1S/C16H32N2O2/c1-4-15-6-5-7-17(10-15)11-16(19)12-18-8-13(2)20-14(3)9-18/h13-16,19H,4-12H2,1-3H3. The lowest BCUT2D eigenvalue weighted by atomic mass is 9.95. The molecule has 2 aliphatic heterocycles. The van der Waals surface area contributed by atoms with Crippen molar-refractivity contribution >= 4 is 0 Å². The Kier molecular flexibility index (Phi) is 6.27. The van der Waals surface area contributed by atoms with Gasteiger partial charge in [-0.05, 0) is 39.2 Å². The SMILES string of the molecule is CCC1CCCN(CC(O)CN2CC(C)OC(C)C2)C1. The maximum atomic E-state index is 10.4. The number of β-amino-alcohol motifs (C(OH)–C–C–N with tert-alkyl or cyclic N) is 1. The summed E-state index contributed by atoms with van der Waals surface area (Å²) in [6.45, 7) is 12.3. The fraction of sp³-hybridized carbons (Fsp3) is 1.00. The van der Waals surface area contributed by atoms with Crippen LogP contribution in [0.3, 0.4) is 0 Å². The van der Waals surface area contributed by atoms with Crippen molar-refractivity contribution < 1.29 is 9.84 Å². The molecule has 20 heavy (non-hydrogen) atoms. The summed E-state index contributed by atoms with van der Waals surface area (Å²) in [5, 5.41) is 10.4. The van der Waals surface area contributed by atoms with Gasteiger partial charge in [0.1, 0.15) is 0 Å². The normalized spacial score (nSPS) is 35.1. The number of piperidine rings is 1. The first kappa shape index (κ1) is 16.2. The van der Waals surface area contributed by atoms with Crippen molar-refractivity contribution in [3.63, 3.8) is 0 Å². The molecule has 4 atom stereocenters. The van der Waals surface area contributed by atoms with Gasteiger partial charge in [-0.1, -0.05) is 13.3 Å². The predicted molar refractivity (Wildman–Crippen MR) is 81.9 cm³/mol. The average molecular weight is 284 g/mol. The van der Waals surface area contributed by atoms with Crippen molar-refractivity contribution in [2.75, 3.05) is 39.3 Å². The van der Waals surface area contributed by atoms with Crippen LogP contribution in [0.1, 0.15) is 40.0 Å². The van der Waals surface area contributed by atoms with Gasteiger partial charge < -0.3 is 14.7 Å². The van der Waals surface area contributed by atoms with Crippen molar-refractivity contribution in [1.29, 1.82) is 0 Å². The number of ether oxygens (including phenoxy) is 1. The van der Waals surface area contributed by atoms with Gasteiger partial charge in [-0.15, -0.1) is 0 Å². The van der Waals surface area contributed by atoms with Gasteiger partial charge in [0.15, 0.2) is 0 Å². The molecule has 2 heterocycles. The largest absolute Gasteiger partial charge is 0.390 e. The molecule has 0 spiro atoms.